The topological polar surface area (TPSA) is 132 Å². The van der Waals surface area contributed by atoms with Crippen LogP contribution < -0.4 is 20.7 Å². The first-order chi connectivity index (χ1) is 15.1. The van der Waals surface area contributed by atoms with Crippen LogP contribution in [0.4, 0.5) is 21.0 Å². The summed E-state index contributed by atoms with van der Waals surface area (Å²) >= 11 is 0. The highest BCUT2D eigenvalue weighted by atomic mass is 16.6. The van der Waals surface area contributed by atoms with E-state index in [1.54, 1.807) is 51.1 Å². The molecule has 0 unspecified atom stereocenters. The number of urea groups is 1. The molecule has 0 fully saturated rings. The van der Waals surface area contributed by atoms with Gasteiger partial charge in [0.1, 0.15) is 11.4 Å². The van der Waals surface area contributed by atoms with Crippen molar-refractivity contribution in [2.45, 2.75) is 26.4 Å². The SMILES string of the molecule is COc1ccc(NC(=O)NC(=O)COC(=O)c2cccc(NC(=O)OC(C)(C)C)c2)cc1. The minimum absolute atomic E-state index is 0.106. The van der Waals surface area contributed by atoms with Gasteiger partial charge in [0.05, 0.1) is 12.7 Å². The van der Waals surface area contributed by atoms with Crippen LogP contribution in [0.2, 0.25) is 0 Å². The lowest BCUT2D eigenvalue weighted by molar-refractivity contribution is -0.123. The Balaban J connectivity index is 1.82. The fourth-order valence-corrected chi connectivity index (χ4v) is 2.36. The first kappa shape index (κ1) is 24.2. The van der Waals surface area contributed by atoms with Gasteiger partial charge in [-0.15, -0.1) is 0 Å². The Morgan fingerprint density at radius 1 is 0.906 bits per heavy atom. The number of benzene rings is 2. The van der Waals surface area contributed by atoms with Crippen molar-refractivity contribution >= 4 is 35.4 Å². The third kappa shape index (κ3) is 8.34. The maximum absolute atomic E-state index is 12.2. The Bertz CT molecular complexity index is 982. The smallest absolute Gasteiger partial charge is 0.412 e. The molecule has 0 aliphatic heterocycles. The summed E-state index contributed by atoms with van der Waals surface area (Å²) in [7, 11) is 1.52. The number of rotatable bonds is 6. The molecule has 0 heterocycles. The van der Waals surface area contributed by atoms with E-state index in [4.69, 9.17) is 14.2 Å². The van der Waals surface area contributed by atoms with Gasteiger partial charge in [0.15, 0.2) is 6.61 Å². The van der Waals surface area contributed by atoms with E-state index in [0.29, 0.717) is 17.1 Å². The fraction of sp³-hybridized carbons (Fsp3) is 0.273. The zero-order chi connectivity index (χ0) is 23.7. The van der Waals surface area contributed by atoms with Crippen LogP contribution in [0.15, 0.2) is 48.5 Å². The number of carbonyl (C=O) groups is 4. The molecule has 4 amide bonds. The molecule has 3 N–H and O–H groups in total. The number of carbonyl (C=O) groups excluding carboxylic acids is 4. The van der Waals surface area contributed by atoms with Crippen molar-refractivity contribution < 1.29 is 33.4 Å². The third-order valence-corrected chi connectivity index (χ3v) is 3.68. The molecule has 0 saturated heterocycles. The maximum atomic E-state index is 12.2. The van der Waals surface area contributed by atoms with Crippen molar-refractivity contribution in [1.29, 1.82) is 0 Å². The van der Waals surface area contributed by atoms with Gasteiger partial charge in [-0.25, -0.2) is 14.4 Å². The molecule has 0 saturated carbocycles. The van der Waals surface area contributed by atoms with Crippen LogP contribution >= 0.6 is 0 Å². The molecule has 0 spiro atoms. The van der Waals surface area contributed by atoms with Gasteiger partial charge in [-0.3, -0.25) is 15.4 Å². The predicted octanol–water partition coefficient (Wildman–Crippen LogP) is 3.55. The Morgan fingerprint density at radius 2 is 1.59 bits per heavy atom. The minimum atomic E-state index is -0.813. The van der Waals surface area contributed by atoms with Crippen LogP contribution in [0, 0.1) is 0 Å². The second-order valence-electron chi connectivity index (χ2n) is 7.51. The van der Waals surface area contributed by atoms with E-state index in [9.17, 15) is 19.2 Å². The minimum Gasteiger partial charge on any atom is -0.497 e. The molecular weight excluding hydrogens is 418 g/mol. The average Bonchev–Trinajstić information content (AvgIpc) is 2.71. The number of hydrogen-bond donors (Lipinski definition) is 3. The standard InChI is InChI=1S/C22H25N3O7/c1-22(2,3)32-21(29)24-16-7-5-6-14(12-16)19(27)31-13-18(26)25-20(28)23-15-8-10-17(30-4)11-9-15/h5-12H,13H2,1-4H3,(H,24,29)(H2,23,25,26,28). The van der Waals surface area contributed by atoms with Crippen molar-refractivity contribution in [3.8, 4) is 5.75 Å². The van der Waals surface area contributed by atoms with Crippen molar-refractivity contribution in [2.75, 3.05) is 24.4 Å². The molecule has 170 valence electrons. The van der Waals surface area contributed by atoms with Gasteiger partial charge in [0.25, 0.3) is 5.91 Å². The molecule has 0 aliphatic rings. The van der Waals surface area contributed by atoms with Gasteiger partial charge in [0, 0.05) is 11.4 Å². The summed E-state index contributed by atoms with van der Waals surface area (Å²) in [6, 6.07) is 11.6. The van der Waals surface area contributed by atoms with Gasteiger partial charge >= 0.3 is 18.1 Å². The molecule has 2 aromatic rings. The lowest BCUT2D eigenvalue weighted by atomic mass is 10.2. The zero-order valence-electron chi connectivity index (χ0n) is 18.2. The van der Waals surface area contributed by atoms with Crippen LogP contribution in [0.25, 0.3) is 0 Å². The first-order valence-electron chi connectivity index (χ1n) is 9.58. The van der Waals surface area contributed by atoms with Crippen LogP contribution in [0.1, 0.15) is 31.1 Å². The molecule has 32 heavy (non-hydrogen) atoms. The quantitative estimate of drug-likeness (QED) is 0.582. The Hall–Kier alpha value is -4.08. The molecule has 2 rings (SSSR count). The van der Waals surface area contributed by atoms with Crippen molar-refractivity contribution in [1.82, 2.24) is 5.32 Å². The van der Waals surface area contributed by atoms with Crippen molar-refractivity contribution in [3.63, 3.8) is 0 Å². The molecule has 0 bridgehead atoms. The van der Waals surface area contributed by atoms with Gasteiger partial charge in [-0.2, -0.15) is 0 Å². The highest BCUT2D eigenvalue weighted by molar-refractivity contribution is 6.02. The first-order valence-corrected chi connectivity index (χ1v) is 9.58. The van der Waals surface area contributed by atoms with Crippen LogP contribution in [0.3, 0.4) is 0 Å². The summed E-state index contributed by atoms with van der Waals surface area (Å²) in [5, 5.41) is 7.02. The molecule has 2 aromatic carbocycles. The third-order valence-electron chi connectivity index (χ3n) is 3.68. The largest absolute Gasteiger partial charge is 0.497 e. The second-order valence-corrected chi connectivity index (χ2v) is 7.51. The van der Waals surface area contributed by atoms with E-state index in [0.717, 1.165) is 0 Å². The van der Waals surface area contributed by atoms with Gasteiger partial charge in [-0.1, -0.05) is 6.07 Å². The lowest BCUT2D eigenvalue weighted by Crippen LogP contribution is -2.37. The molecule has 10 heteroatoms. The zero-order valence-corrected chi connectivity index (χ0v) is 18.2. The van der Waals surface area contributed by atoms with Crippen LogP contribution in [0.5, 0.6) is 5.75 Å². The second kappa shape index (κ2) is 10.8. The summed E-state index contributed by atoms with van der Waals surface area (Å²) in [6.07, 6.45) is -0.676. The highest BCUT2D eigenvalue weighted by Gasteiger charge is 2.17. The fourth-order valence-electron chi connectivity index (χ4n) is 2.36. The number of amides is 4. The maximum Gasteiger partial charge on any atom is 0.412 e. The van der Waals surface area contributed by atoms with Crippen molar-refractivity contribution in [2.24, 2.45) is 0 Å². The summed E-state index contributed by atoms with van der Waals surface area (Å²) in [5.41, 5.74) is 0.196. The normalized spacial score (nSPS) is 10.5. The predicted molar refractivity (Wildman–Crippen MR) is 117 cm³/mol. The van der Waals surface area contributed by atoms with E-state index in [2.05, 4.69) is 16.0 Å². The lowest BCUT2D eigenvalue weighted by Gasteiger charge is -2.19. The number of imide groups is 1. The molecule has 0 radical (unpaired) electrons. The average molecular weight is 443 g/mol. The number of nitrogens with one attached hydrogen (secondary N) is 3. The van der Waals surface area contributed by atoms with Gasteiger partial charge in [0.2, 0.25) is 0 Å². The number of esters is 1. The monoisotopic (exact) mass is 443 g/mol. The van der Waals surface area contributed by atoms with E-state index in [1.807, 2.05) is 0 Å². The summed E-state index contributed by atoms with van der Waals surface area (Å²) < 4.78 is 15.1. The van der Waals surface area contributed by atoms with Crippen LogP contribution in [-0.2, 0) is 14.3 Å². The van der Waals surface area contributed by atoms with E-state index >= 15 is 0 Å². The molecule has 10 nitrogen and oxygen atoms in total. The Morgan fingerprint density at radius 3 is 2.22 bits per heavy atom. The molecular formula is C22H25N3O7. The summed E-state index contributed by atoms with van der Waals surface area (Å²) in [4.78, 5) is 47.8. The Labute approximate surface area is 185 Å². The Kier molecular flexibility index (Phi) is 8.17. The van der Waals surface area contributed by atoms with Crippen molar-refractivity contribution in [3.05, 3.63) is 54.1 Å². The number of anilines is 2. The highest BCUT2D eigenvalue weighted by Crippen LogP contribution is 2.15. The van der Waals surface area contributed by atoms with E-state index in [-0.39, 0.29) is 5.56 Å². The molecule has 0 atom stereocenters. The van der Waals surface area contributed by atoms with Gasteiger partial charge < -0.3 is 19.5 Å². The number of methoxy groups -OCH3 is 1. The van der Waals surface area contributed by atoms with E-state index in [1.165, 1.54) is 25.3 Å². The number of hydrogen-bond acceptors (Lipinski definition) is 7. The van der Waals surface area contributed by atoms with Crippen LogP contribution in [-0.4, -0.2) is 43.3 Å². The summed E-state index contributed by atoms with van der Waals surface area (Å²) in [5.74, 6) is -1.000. The summed E-state index contributed by atoms with van der Waals surface area (Å²) in [6.45, 7) is 4.51. The van der Waals surface area contributed by atoms with Gasteiger partial charge in [-0.05, 0) is 63.2 Å². The number of ether oxygens (including phenoxy) is 3. The molecule has 0 aromatic heterocycles. The van der Waals surface area contributed by atoms with E-state index < -0.39 is 36.2 Å². The molecule has 0 aliphatic carbocycles.